The Hall–Kier alpha value is -0.420. The Morgan fingerprint density at radius 3 is 2.93 bits per heavy atom. The molecule has 0 aliphatic rings. The van der Waals surface area contributed by atoms with Gasteiger partial charge in [-0.3, -0.25) is 4.98 Å². The van der Waals surface area contributed by atoms with Gasteiger partial charge >= 0.3 is 0 Å². The Kier molecular flexibility index (Phi) is 3.18. The molecule has 0 radical (unpaired) electrons. The van der Waals surface area contributed by atoms with Crippen LogP contribution in [0.1, 0.15) is 15.9 Å². The second kappa shape index (κ2) is 4.40. The molecule has 1 unspecified atom stereocenters. The van der Waals surface area contributed by atoms with E-state index in [1.165, 1.54) is 11.3 Å². The highest BCUT2D eigenvalue weighted by Gasteiger charge is 2.11. The van der Waals surface area contributed by atoms with Crippen molar-refractivity contribution in [3.05, 3.63) is 37.9 Å². The molecule has 0 bridgehead atoms. The molecule has 0 saturated carbocycles. The van der Waals surface area contributed by atoms with Gasteiger partial charge in [-0.1, -0.05) is 11.6 Å². The number of thiophene rings is 1. The van der Waals surface area contributed by atoms with Crippen molar-refractivity contribution in [3.63, 3.8) is 0 Å². The second-order valence-electron chi connectivity index (χ2n) is 2.85. The number of thiazole rings is 1. The van der Waals surface area contributed by atoms with Crippen LogP contribution in [0.15, 0.2) is 23.2 Å². The van der Waals surface area contributed by atoms with Crippen LogP contribution < -0.4 is 0 Å². The summed E-state index contributed by atoms with van der Waals surface area (Å²) in [7, 11) is 0. The summed E-state index contributed by atoms with van der Waals surface area (Å²) in [5.41, 5.74) is 1.77. The molecule has 0 spiro atoms. The molecule has 0 amide bonds. The largest absolute Gasteiger partial charge is 0.387 e. The molecule has 2 heterocycles. The summed E-state index contributed by atoms with van der Waals surface area (Å²) in [6, 6.07) is 1.80. The lowest BCUT2D eigenvalue weighted by Crippen LogP contribution is -1.97. The van der Waals surface area contributed by atoms with Gasteiger partial charge in [-0.2, -0.15) is 0 Å². The van der Waals surface area contributed by atoms with Crippen LogP contribution in [-0.2, 0) is 6.42 Å². The molecule has 2 aromatic rings. The highest BCUT2D eigenvalue weighted by Crippen LogP contribution is 2.28. The predicted molar refractivity (Wildman–Crippen MR) is 60.1 cm³/mol. The van der Waals surface area contributed by atoms with E-state index in [2.05, 4.69) is 4.98 Å². The van der Waals surface area contributed by atoms with E-state index in [9.17, 15) is 5.11 Å². The van der Waals surface area contributed by atoms with Gasteiger partial charge in [0, 0.05) is 27.8 Å². The molecule has 2 aromatic heterocycles. The van der Waals surface area contributed by atoms with Gasteiger partial charge < -0.3 is 5.11 Å². The third-order valence-corrected chi connectivity index (χ3v) is 3.98. The van der Waals surface area contributed by atoms with Crippen molar-refractivity contribution in [1.82, 2.24) is 4.98 Å². The number of aromatic nitrogens is 1. The Balaban J connectivity index is 2.06. The molecular formula is C9H8ClNOS2. The molecule has 0 aliphatic carbocycles. The summed E-state index contributed by atoms with van der Waals surface area (Å²) in [6.45, 7) is 0. The van der Waals surface area contributed by atoms with Crippen LogP contribution in [0.25, 0.3) is 0 Å². The van der Waals surface area contributed by atoms with Gasteiger partial charge in [0.05, 0.1) is 16.6 Å². The molecule has 2 nitrogen and oxygen atoms in total. The number of hydrogen-bond donors (Lipinski definition) is 1. The van der Waals surface area contributed by atoms with Crippen LogP contribution >= 0.6 is 34.3 Å². The van der Waals surface area contributed by atoms with Gasteiger partial charge in [0.25, 0.3) is 0 Å². The fourth-order valence-corrected chi connectivity index (χ4v) is 2.84. The third kappa shape index (κ3) is 2.33. The standard InChI is InChI=1S/C9H8ClNOS2/c10-6-1-9(13-4-6)8(12)2-7-3-11-5-14-7/h1,3-5,8,12H,2H2. The van der Waals surface area contributed by atoms with Gasteiger partial charge in [-0.25, -0.2) is 0 Å². The van der Waals surface area contributed by atoms with Crippen molar-refractivity contribution in [2.24, 2.45) is 0 Å². The minimum Gasteiger partial charge on any atom is -0.387 e. The maximum Gasteiger partial charge on any atom is 0.0931 e. The van der Waals surface area contributed by atoms with Crippen molar-refractivity contribution < 1.29 is 5.11 Å². The fraction of sp³-hybridized carbons (Fsp3) is 0.222. The Morgan fingerprint density at radius 2 is 2.36 bits per heavy atom. The van der Waals surface area contributed by atoms with Crippen LogP contribution in [0.4, 0.5) is 0 Å². The molecule has 2 rings (SSSR count). The van der Waals surface area contributed by atoms with Crippen molar-refractivity contribution in [1.29, 1.82) is 0 Å². The average molecular weight is 246 g/mol. The molecule has 0 fully saturated rings. The van der Waals surface area contributed by atoms with E-state index in [1.807, 2.05) is 5.38 Å². The lowest BCUT2D eigenvalue weighted by molar-refractivity contribution is 0.183. The molecule has 1 atom stereocenters. The van der Waals surface area contributed by atoms with Crippen molar-refractivity contribution in [2.45, 2.75) is 12.5 Å². The molecule has 1 N–H and O–H groups in total. The zero-order valence-electron chi connectivity index (χ0n) is 7.18. The fourth-order valence-electron chi connectivity index (χ4n) is 1.14. The first-order chi connectivity index (χ1) is 6.75. The Labute approximate surface area is 94.8 Å². The predicted octanol–water partition coefficient (Wildman–Crippen LogP) is 3.13. The van der Waals surface area contributed by atoms with E-state index >= 15 is 0 Å². The lowest BCUT2D eigenvalue weighted by atomic mass is 10.2. The number of rotatable bonds is 3. The minimum absolute atomic E-state index is 0.465. The molecule has 74 valence electrons. The van der Waals surface area contributed by atoms with Gasteiger partial charge in [-0.15, -0.1) is 22.7 Å². The lowest BCUT2D eigenvalue weighted by Gasteiger charge is -2.05. The zero-order chi connectivity index (χ0) is 9.97. The molecule has 0 aliphatic heterocycles. The first-order valence-electron chi connectivity index (χ1n) is 4.05. The zero-order valence-corrected chi connectivity index (χ0v) is 9.57. The van der Waals surface area contributed by atoms with E-state index in [0.29, 0.717) is 11.4 Å². The summed E-state index contributed by atoms with van der Waals surface area (Å²) >= 11 is 8.81. The summed E-state index contributed by atoms with van der Waals surface area (Å²) in [5, 5.41) is 12.4. The average Bonchev–Trinajstić information content (AvgIpc) is 2.75. The maximum atomic E-state index is 9.84. The summed E-state index contributed by atoms with van der Waals surface area (Å²) in [4.78, 5) is 5.95. The van der Waals surface area contributed by atoms with Crippen LogP contribution in [0.2, 0.25) is 5.02 Å². The van der Waals surface area contributed by atoms with E-state index in [0.717, 1.165) is 9.75 Å². The summed E-state index contributed by atoms with van der Waals surface area (Å²) in [5.74, 6) is 0. The molecular weight excluding hydrogens is 238 g/mol. The van der Waals surface area contributed by atoms with E-state index in [1.54, 1.807) is 29.1 Å². The Morgan fingerprint density at radius 1 is 1.50 bits per heavy atom. The number of aliphatic hydroxyl groups is 1. The van der Waals surface area contributed by atoms with Crippen LogP contribution in [0, 0.1) is 0 Å². The normalized spacial score (nSPS) is 13.0. The van der Waals surface area contributed by atoms with E-state index in [4.69, 9.17) is 11.6 Å². The molecule has 0 saturated heterocycles. The number of hydrogen-bond acceptors (Lipinski definition) is 4. The smallest absolute Gasteiger partial charge is 0.0931 e. The van der Waals surface area contributed by atoms with Crippen LogP contribution in [0.3, 0.4) is 0 Å². The van der Waals surface area contributed by atoms with Crippen LogP contribution in [-0.4, -0.2) is 10.1 Å². The summed E-state index contributed by atoms with van der Waals surface area (Å²) in [6.07, 6.45) is 1.93. The summed E-state index contributed by atoms with van der Waals surface area (Å²) < 4.78 is 0. The van der Waals surface area contributed by atoms with Gasteiger partial charge in [-0.05, 0) is 6.07 Å². The highest BCUT2D eigenvalue weighted by molar-refractivity contribution is 7.10. The first kappa shape index (κ1) is 10.1. The monoisotopic (exact) mass is 245 g/mol. The van der Waals surface area contributed by atoms with Crippen molar-refractivity contribution in [2.75, 3.05) is 0 Å². The molecule has 14 heavy (non-hydrogen) atoms. The SMILES string of the molecule is OC(Cc1cncs1)c1cc(Cl)cs1. The van der Waals surface area contributed by atoms with Crippen LogP contribution in [0.5, 0.6) is 0 Å². The quantitative estimate of drug-likeness (QED) is 0.901. The maximum absolute atomic E-state index is 9.84. The third-order valence-electron chi connectivity index (χ3n) is 1.79. The minimum atomic E-state index is -0.465. The number of nitrogens with zero attached hydrogens (tertiary/aromatic N) is 1. The van der Waals surface area contributed by atoms with E-state index in [-0.39, 0.29) is 0 Å². The van der Waals surface area contributed by atoms with Crippen molar-refractivity contribution >= 4 is 34.3 Å². The first-order valence-corrected chi connectivity index (χ1v) is 6.19. The topological polar surface area (TPSA) is 33.1 Å². The van der Waals surface area contributed by atoms with Gasteiger partial charge in [0.15, 0.2) is 0 Å². The van der Waals surface area contributed by atoms with Gasteiger partial charge in [0.1, 0.15) is 0 Å². The number of halogens is 1. The molecule has 0 aromatic carbocycles. The van der Waals surface area contributed by atoms with Gasteiger partial charge in [0.2, 0.25) is 0 Å². The second-order valence-corrected chi connectivity index (χ2v) is 5.21. The Bertz CT molecular complexity index is 399. The number of aliphatic hydroxyl groups excluding tert-OH is 1. The van der Waals surface area contributed by atoms with Crippen molar-refractivity contribution in [3.8, 4) is 0 Å². The highest BCUT2D eigenvalue weighted by atomic mass is 35.5. The molecule has 5 heteroatoms. The van der Waals surface area contributed by atoms with E-state index < -0.39 is 6.10 Å².